The summed E-state index contributed by atoms with van der Waals surface area (Å²) >= 11 is 0. The van der Waals surface area contributed by atoms with Crippen molar-refractivity contribution in [3.8, 4) is 5.75 Å². The predicted octanol–water partition coefficient (Wildman–Crippen LogP) is 3.91. The zero-order chi connectivity index (χ0) is 18.0. The van der Waals surface area contributed by atoms with Gasteiger partial charge < -0.3 is 9.64 Å². The maximum Gasteiger partial charge on any atom is 0.165 e. The van der Waals surface area contributed by atoms with Crippen molar-refractivity contribution < 1.29 is 9.13 Å². The molecule has 0 saturated carbocycles. The molecule has 1 aromatic carbocycles. The lowest BCUT2D eigenvalue weighted by molar-refractivity contribution is 0.208. The van der Waals surface area contributed by atoms with Gasteiger partial charge in [-0.25, -0.2) is 4.39 Å². The van der Waals surface area contributed by atoms with Gasteiger partial charge in [0.15, 0.2) is 11.6 Å². The Bertz CT molecular complexity index is 825. The van der Waals surface area contributed by atoms with E-state index in [1.54, 1.807) is 16.9 Å². The molecule has 0 unspecified atom stereocenters. The van der Waals surface area contributed by atoms with Crippen LogP contribution in [0.3, 0.4) is 0 Å². The van der Waals surface area contributed by atoms with Gasteiger partial charge >= 0.3 is 0 Å². The quantitative estimate of drug-likeness (QED) is 0.827. The third-order valence-corrected chi connectivity index (χ3v) is 4.24. The number of hydrogen-bond donors (Lipinski definition) is 0. The fourth-order valence-corrected chi connectivity index (χ4v) is 2.68. The summed E-state index contributed by atoms with van der Waals surface area (Å²) < 4.78 is 21.7. The first kappa shape index (κ1) is 17.2. The van der Waals surface area contributed by atoms with E-state index in [9.17, 15) is 4.39 Å². The van der Waals surface area contributed by atoms with Gasteiger partial charge in [0.05, 0.1) is 23.7 Å². The van der Waals surface area contributed by atoms with Crippen LogP contribution in [0, 0.1) is 5.82 Å². The van der Waals surface area contributed by atoms with Crippen LogP contribution in [0.2, 0.25) is 0 Å². The molecule has 0 radical (unpaired) electrons. The van der Waals surface area contributed by atoms with Crippen molar-refractivity contribution in [2.24, 2.45) is 12.0 Å². The highest BCUT2D eigenvalue weighted by Crippen LogP contribution is 2.25. The summed E-state index contributed by atoms with van der Waals surface area (Å²) in [6.45, 7) is 6.39. The van der Waals surface area contributed by atoms with Crippen molar-refractivity contribution >= 4 is 11.4 Å². The molecule has 0 saturated heterocycles. The summed E-state index contributed by atoms with van der Waals surface area (Å²) in [7, 11) is 1.88. The second-order valence-electron chi connectivity index (χ2n) is 6.28. The fraction of sp³-hybridized carbons (Fsp3) is 0.368. The average Bonchev–Trinajstić information content (AvgIpc) is 3.03. The van der Waals surface area contributed by atoms with Crippen LogP contribution in [0.1, 0.15) is 32.8 Å². The van der Waals surface area contributed by atoms with Gasteiger partial charge in [-0.05, 0) is 44.0 Å². The van der Waals surface area contributed by atoms with Gasteiger partial charge in [0.1, 0.15) is 6.67 Å². The van der Waals surface area contributed by atoms with Crippen LogP contribution in [0.15, 0.2) is 47.4 Å². The highest BCUT2D eigenvalue weighted by Gasteiger charge is 2.17. The molecule has 0 amide bonds. The average molecular weight is 342 g/mol. The Hall–Kier alpha value is -2.63. The molecule has 25 heavy (non-hydrogen) atoms. The van der Waals surface area contributed by atoms with Crippen LogP contribution < -0.4 is 9.64 Å². The van der Waals surface area contributed by atoms with E-state index < -0.39 is 0 Å². The van der Waals surface area contributed by atoms with Crippen LogP contribution >= 0.6 is 0 Å². The normalized spacial score (nSPS) is 15.6. The third-order valence-electron chi connectivity index (χ3n) is 4.24. The maximum absolute atomic E-state index is 14.4. The van der Waals surface area contributed by atoms with Crippen molar-refractivity contribution in [3.05, 3.63) is 53.7 Å². The molecule has 2 aromatic rings. The molecule has 0 spiro atoms. The number of hydrogen-bond acceptors (Lipinski definition) is 4. The Balaban J connectivity index is 1.80. The Labute approximate surface area is 147 Å². The number of nitrogens with zero attached hydrogens (tertiary/aromatic N) is 4. The van der Waals surface area contributed by atoms with Crippen LogP contribution in [0.5, 0.6) is 5.75 Å². The van der Waals surface area contributed by atoms with Crippen molar-refractivity contribution in [3.63, 3.8) is 0 Å². The minimum absolute atomic E-state index is 0.0120. The molecule has 1 aliphatic rings. The summed E-state index contributed by atoms with van der Waals surface area (Å²) in [6, 6.07) is 5.03. The van der Waals surface area contributed by atoms with Gasteiger partial charge in [-0.1, -0.05) is 6.92 Å². The van der Waals surface area contributed by atoms with Gasteiger partial charge in [0.25, 0.3) is 0 Å². The van der Waals surface area contributed by atoms with E-state index in [1.807, 2.05) is 51.2 Å². The second-order valence-corrected chi connectivity index (χ2v) is 6.28. The fourth-order valence-electron chi connectivity index (χ4n) is 2.68. The van der Waals surface area contributed by atoms with E-state index in [0.717, 1.165) is 29.0 Å². The highest BCUT2D eigenvalue weighted by atomic mass is 19.1. The standard InChI is InChI=1S/C19H23FN4O/c1-5-14(3)25-18-7-6-15(8-17(18)20)19-13(2)10-24(12-21-19)16-9-22-23(4)11-16/h6-11,14H,5,12H2,1-4H3/t14-/m0/s1. The molecular formula is C19H23FN4O. The molecule has 6 heteroatoms. The summed E-state index contributed by atoms with van der Waals surface area (Å²) in [6.07, 6.45) is 6.57. The minimum Gasteiger partial charge on any atom is -0.488 e. The monoisotopic (exact) mass is 342 g/mol. The maximum atomic E-state index is 14.4. The lowest BCUT2D eigenvalue weighted by Gasteiger charge is -2.23. The van der Waals surface area contributed by atoms with Gasteiger partial charge in [0, 0.05) is 25.0 Å². The SMILES string of the molecule is CC[C@H](C)Oc1ccc(C2=NCN(c3cnn(C)c3)C=C2C)cc1F. The number of allylic oxidation sites excluding steroid dienone is 1. The molecule has 3 rings (SSSR count). The van der Waals surface area contributed by atoms with E-state index >= 15 is 0 Å². The van der Waals surface area contributed by atoms with Crippen LogP contribution in [-0.2, 0) is 7.05 Å². The zero-order valence-corrected chi connectivity index (χ0v) is 15.0. The van der Waals surface area contributed by atoms with E-state index in [1.165, 1.54) is 6.07 Å². The zero-order valence-electron chi connectivity index (χ0n) is 15.0. The molecular weight excluding hydrogens is 319 g/mol. The Morgan fingerprint density at radius 3 is 2.76 bits per heavy atom. The lowest BCUT2D eigenvalue weighted by Crippen LogP contribution is -2.24. The van der Waals surface area contributed by atoms with Crippen molar-refractivity contribution in [1.82, 2.24) is 9.78 Å². The number of aromatic nitrogens is 2. The van der Waals surface area contributed by atoms with Gasteiger partial charge in [0.2, 0.25) is 0 Å². The Morgan fingerprint density at radius 2 is 2.16 bits per heavy atom. The number of aliphatic imine (C=N–C) groups is 1. The van der Waals surface area contributed by atoms with Crippen molar-refractivity contribution in [2.75, 3.05) is 11.6 Å². The number of aryl methyl sites for hydroxylation is 1. The number of halogens is 1. The van der Waals surface area contributed by atoms with E-state index in [4.69, 9.17) is 4.74 Å². The molecule has 0 N–H and O–H groups in total. The van der Waals surface area contributed by atoms with Crippen LogP contribution in [0.25, 0.3) is 0 Å². The third kappa shape index (κ3) is 3.73. The molecule has 1 atom stereocenters. The van der Waals surface area contributed by atoms with E-state index in [-0.39, 0.29) is 17.7 Å². The number of benzene rings is 1. The van der Waals surface area contributed by atoms with Crippen LogP contribution in [0.4, 0.5) is 10.1 Å². The number of ether oxygens (including phenoxy) is 1. The first-order valence-electron chi connectivity index (χ1n) is 8.43. The molecule has 1 aromatic heterocycles. The first-order valence-corrected chi connectivity index (χ1v) is 8.43. The topological polar surface area (TPSA) is 42.6 Å². The van der Waals surface area contributed by atoms with E-state index in [0.29, 0.717) is 6.67 Å². The Morgan fingerprint density at radius 1 is 1.36 bits per heavy atom. The largest absolute Gasteiger partial charge is 0.488 e. The number of anilines is 1. The minimum atomic E-state index is -0.358. The molecule has 0 aliphatic carbocycles. The molecule has 2 heterocycles. The molecule has 0 bridgehead atoms. The first-order chi connectivity index (χ1) is 12.0. The highest BCUT2D eigenvalue weighted by molar-refractivity contribution is 6.13. The van der Waals surface area contributed by atoms with Crippen LogP contribution in [-0.4, -0.2) is 28.3 Å². The molecule has 0 fully saturated rings. The van der Waals surface area contributed by atoms with Gasteiger partial charge in [-0.2, -0.15) is 5.10 Å². The van der Waals surface area contributed by atoms with Crippen molar-refractivity contribution in [2.45, 2.75) is 33.3 Å². The molecule has 132 valence electrons. The summed E-state index contributed by atoms with van der Waals surface area (Å²) in [4.78, 5) is 6.64. The summed E-state index contributed by atoms with van der Waals surface area (Å²) in [5.41, 5.74) is 3.51. The number of rotatable bonds is 5. The van der Waals surface area contributed by atoms with Gasteiger partial charge in [-0.3, -0.25) is 9.67 Å². The summed E-state index contributed by atoms with van der Waals surface area (Å²) in [5, 5.41) is 4.18. The predicted molar refractivity (Wildman–Crippen MR) is 97.6 cm³/mol. The van der Waals surface area contributed by atoms with Gasteiger partial charge in [-0.15, -0.1) is 0 Å². The van der Waals surface area contributed by atoms with E-state index in [2.05, 4.69) is 10.1 Å². The smallest absolute Gasteiger partial charge is 0.165 e. The van der Waals surface area contributed by atoms with Crippen molar-refractivity contribution in [1.29, 1.82) is 0 Å². The molecule has 5 nitrogen and oxygen atoms in total. The molecule has 1 aliphatic heterocycles. The lowest BCUT2D eigenvalue weighted by atomic mass is 10.0. The second kappa shape index (κ2) is 7.09. The summed E-state index contributed by atoms with van der Waals surface area (Å²) in [5.74, 6) is -0.0730. The Kier molecular flexibility index (Phi) is 4.88.